The van der Waals surface area contributed by atoms with Gasteiger partial charge in [-0.2, -0.15) is 0 Å². The van der Waals surface area contributed by atoms with E-state index in [0.717, 1.165) is 30.6 Å². The quantitative estimate of drug-likeness (QED) is 0.885. The number of hydrogen-bond donors (Lipinski definition) is 1. The molecule has 1 aromatic rings. The molecule has 1 aromatic carbocycles. The summed E-state index contributed by atoms with van der Waals surface area (Å²) in [5, 5.41) is 0.646. The number of benzene rings is 1. The molecule has 3 atom stereocenters. The first-order chi connectivity index (χ1) is 7.70. The highest BCUT2D eigenvalue weighted by atomic mass is 35.5. The molecule has 4 heteroatoms. The van der Waals surface area contributed by atoms with Gasteiger partial charge in [0.2, 0.25) is 0 Å². The predicted molar refractivity (Wildman–Crippen MR) is 68.1 cm³/mol. The lowest BCUT2D eigenvalue weighted by atomic mass is 9.96. The summed E-state index contributed by atoms with van der Waals surface area (Å²) in [6, 6.07) is 7.38. The zero-order valence-corrected chi connectivity index (χ0v) is 10.6. The molecule has 3 unspecified atom stereocenters. The van der Waals surface area contributed by atoms with Crippen molar-refractivity contribution in [3.63, 3.8) is 0 Å². The summed E-state index contributed by atoms with van der Waals surface area (Å²) >= 11 is 6.05. The van der Waals surface area contributed by atoms with Crippen LogP contribution in [0.25, 0.3) is 0 Å². The van der Waals surface area contributed by atoms with Crippen LogP contribution in [0, 0.1) is 0 Å². The van der Waals surface area contributed by atoms with Gasteiger partial charge in [-0.1, -0.05) is 36.6 Å². The largest absolute Gasteiger partial charge is 0.327 e. The van der Waals surface area contributed by atoms with Gasteiger partial charge >= 0.3 is 0 Å². The molecule has 0 amide bonds. The molecule has 1 fully saturated rings. The second-order valence-electron chi connectivity index (χ2n) is 4.21. The monoisotopic (exact) mass is 257 g/mol. The third-order valence-electron chi connectivity index (χ3n) is 3.08. The maximum absolute atomic E-state index is 12.4. The zero-order valence-electron chi connectivity index (χ0n) is 9.06. The van der Waals surface area contributed by atoms with Gasteiger partial charge in [0.1, 0.15) is 0 Å². The van der Waals surface area contributed by atoms with E-state index in [1.165, 1.54) is 0 Å². The lowest BCUT2D eigenvalue weighted by Crippen LogP contribution is -2.40. The highest BCUT2D eigenvalue weighted by Gasteiger charge is 2.28. The third-order valence-corrected chi connectivity index (χ3v) is 5.45. The summed E-state index contributed by atoms with van der Waals surface area (Å²) in [6.45, 7) is 0. The Hall–Kier alpha value is -0.380. The number of hydrogen-bond acceptors (Lipinski definition) is 2. The van der Waals surface area contributed by atoms with E-state index in [0.29, 0.717) is 5.02 Å². The minimum atomic E-state index is -1.07. The van der Waals surface area contributed by atoms with Crippen molar-refractivity contribution in [1.29, 1.82) is 0 Å². The molecule has 2 nitrogen and oxygen atoms in total. The Kier molecular flexibility index (Phi) is 4.00. The van der Waals surface area contributed by atoms with Crippen LogP contribution in [0.1, 0.15) is 25.7 Å². The van der Waals surface area contributed by atoms with Crippen LogP contribution in [0.3, 0.4) is 0 Å². The fraction of sp³-hybridized carbons (Fsp3) is 0.500. The fourth-order valence-electron chi connectivity index (χ4n) is 2.16. The van der Waals surface area contributed by atoms with Crippen molar-refractivity contribution in [3.8, 4) is 0 Å². The minimum Gasteiger partial charge on any atom is -0.327 e. The minimum absolute atomic E-state index is 0.0471. The Morgan fingerprint density at radius 3 is 2.62 bits per heavy atom. The van der Waals surface area contributed by atoms with E-state index in [-0.39, 0.29) is 11.3 Å². The summed E-state index contributed by atoms with van der Waals surface area (Å²) < 4.78 is 12.4. The number of nitrogens with two attached hydrogens (primary N) is 1. The molecule has 88 valence electrons. The second kappa shape index (κ2) is 5.30. The predicted octanol–water partition coefficient (Wildman–Crippen LogP) is 2.72. The summed E-state index contributed by atoms with van der Waals surface area (Å²) in [4.78, 5) is 0.728. The van der Waals surface area contributed by atoms with Crippen LogP contribution in [-0.4, -0.2) is 15.5 Å². The SMILES string of the molecule is NC1CCCCC1S(=O)c1ccccc1Cl. The van der Waals surface area contributed by atoms with E-state index in [4.69, 9.17) is 17.3 Å². The normalized spacial score (nSPS) is 27.6. The summed E-state index contributed by atoms with van der Waals surface area (Å²) in [6.07, 6.45) is 4.19. The Bertz CT molecular complexity index is 396. The lowest BCUT2D eigenvalue weighted by Gasteiger charge is -2.27. The first kappa shape index (κ1) is 12.1. The molecule has 0 aromatic heterocycles. The van der Waals surface area contributed by atoms with Gasteiger partial charge in [0, 0.05) is 6.04 Å². The van der Waals surface area contributed by atoms with E-state index in [2.05, 4.69) is 0 Å². The first-order valence-corrected chi connectivity index (χ1v) is 7.20. The number of rotatable bonds is 2. The zero-order chi connectivity index (χ0) is 11.5. The van der Waals surface area contributed by atoms with Crippen LogP contribution in [0.2, 0.25) is 5.02 Å². The highest BCUT2D eigenvalue weighted by Crippen LogP contribution is 2.28. The Morgan fingerprint density at radius 2 is 1.94 bits per heavy atom. The second-order valence-corrected chi connectivity index (χ2v) is 6.26. The van der Waals surface area contributed by atoms with Crippen LogP contribution in [0.5, 0.6) is 0 Å². The molecule has 16 heavy (non-hydrogen) atoms. The third kappa shape index (κ3) is 2.47. The Balaban J connectivity index is 2.21. The van der Waals surface area contributed by atoms with E-state index < -0.39 is 10.8 Å². The fourth-order valence-corrected chi connectivity index (χ4v) is 4.16. The molecular formula is C12H16ClNOS. The van der Waals surface area contributed by atoms with Crippen molar-refractivity contribution in [1.82, 2.24) is 0 Å². The first-order valence-electron chi connectivity index (χ1n) is 5.61. The van der Waals surface area contributed by atoms with Crippen molar-refractivity contribution >= 4 is 22.4 Å². The van der Waals surface area contributed by atoms with Crippen LogP contribution >= 0.6 is 11.6 Å². The molecular weight excluding hydrogens is 242 g/mol. The van der Waals surface area contributed by atoms with Crippen LogP contribution in [-0.2, 0) is 10.8 Å². The molecule has 0 spiro atoms. The molecule has 0 saturated heterocycles. The van der Waals surface area contributed by atoms with E-state index in [1.807, 2.05) is 18.2 Å². The molecule has 0 bridgehead atoms. The smallest absolute Gasteiger partial charge is 0.0591 e. The maximum Gasteiger partial charge on any atom is 0.0591 e. The van der Waals surface area contributed by atoms with Crippen LogP contribution in [0.15, 0.2) is 29.2 Å². The van der Waals surface area contributed by atoms with Crippen LogP contribution < -0.4 is 5.73 Å². The molecule has 1 aliphatic carbocycles. The van der Waals surface area contributed by atoms with Gasteiger partial charge in [0.05, 0.1) is 26.0 Å². The summed E-state index contributed by atoms with van der Waals surface area (Å²) in [5.41, 5.74) is 6.03. The standard InChI is InChI=1S/C12H16ClNOS/c13-9-5-1-3-7-11(9)16(15)12-8-4-2-6-10(12)14/h1,3,5,7,10,12H,2,4,6,8,14H2. The molecule has 1 saturated carbocycles. The summed E-state index contributed by atoms with van der Waals surface area (Å²) in [5.74, 6) is 0. The van der Waals surface area contributed by atoms with Crippen molar-refractivity contribution < 1.29 is 4.21 Å². The van der Waals surface area contributed by atoms with Crippen LogP contribution in [0.4, 0.5) is 0 Å². The van der Waals surface area contributed by atoms with E-state index in [9.17, 15) is 4.21 Å². The van der Waals surface area contributed by atoms with E-state index >= 15 is 0 Å². The molecule has 0 radical (unpaired) electrons. The lowest BCUT2D eigenvalue weighted by molar-refractivity contribution is 0.445. The molecule has 0 heterocycles. The molecule has 2 N–H and O–H groups in total. The molecule has 0 aliphatic heterocycles. The van der Waals surface area contributed by atoms with E-state index in [1.54, 1.807) is 6.07 Å². The average Bonchev–Trinajstić information content (AvgIpc) is 2.29. The van der Waals surface area contributed by atoms with Gasteiger partial charge in [-0.15, -0.1) is 0 Å². The Labute approximate surface area is 104 Å². The average molecular weight is 258 g/mol. The van der Waals surface area contributed by atoms with Gasteiger partial charge in [-0.05, 0) is 25.0 Å². The van der Waals surface area contributed by atoms with Gasteiger partial charge in [0.25, 0.3) is 0 Å². The van der Waals surface area contributed by atoms with Gasteiger partial charge in [0.15, 0.2) is 0 Å². The molecule has 1 aliphatic rings. The Morgan fingerprint density at radius 1 is 1.25 bits per heavy atom. The van der Waals surface area contributed by atoms with Crippen molar-refractivity contribution in [2.45, 2.75) is 41.9 Å². The number of halogens is 1. The highest BCUT2D eigenvalue weighted by molar-refractivity contribution is 7.85. The van der Waals surface area contributed by atoms with Crippen molar-refractivity contribution in [3.05, 3.63) is 29.3 Å². The topological polar surface area (TPSA) is 43.1 Å². The van der Waals surface area contributed by atoms with Gasteiger partial charge in [-0.25, -0.2) is 0 Å². The summed E-state index contributed by atoms with van der Waals surface area (Å²) in [7, 11) is -1.07. The van der Waals surface area contributed by atoms with Crippen molar-refractivity contribution in [2.24, 2.45) is 5.73 Å². The van der Waals surface area contributed by atoms with Crippen molar-refractivity contribution in [2.75, 3.05) is 0 Å². The molecule has 2 rings (SSSR count). The maximum atomic E-state index is 12.4. The van der Waals surface area contributed by atoms with Gasteiger partial charge in [-0.3, -0.25) is 4.21 Å². The van der Waals surface area contributed by atoms with Gasteiger partial charge < -0.3 is 5.73 Å².